The van der Waals surface area contributed by atoms with Gasteiger partial charge in [0.15, 0.2) is 0 Å². The van der Waals surface area contributed by atoms with Gasteiger partial charge in [0.1, 0.15) is 12.0 Å². The van der Waals surface area contributed by atoms with Crippen molar-refractivity contribution in [1.82, 2.24) is 0 Å². The van der Waals surface area contributed by atoms with Gasteiger partial charge in [-0.1, -0.05) is 0 Å². The fourth-order valence-electron chi connectivity index (χ4n) is 1.72. The van der Waals surface area contributed by atoms with E-state index in [2.05, 4.69) is 4.99 Å². The van der Waals surface area contributed by atoms with Gasteiger partial charge in [-0.3, -0.25) is 4.99 Å². The maximum absolute atomic E-state index is 10.3. The SMILES string of the molecule is COc1ccc(C2=NC(CCC=O)CS2)cc1. The summed E-state index contributed by atoms with van der Waals surface area (Å²) in [5.41, 5.74) is 1.13. The standard InChI is InChI=1S/C13H15NO2S/c1-16-12-6-4-10(5-7-12)13-14-11(9-17-13)3-2-8-15/h4-8,11H,2-3,9H2,1H3. The molecule has 1 aliphatic heterocycles. The van der Waals surface area contributed by atoms with Crippen LogP contribution in [-0.4, -0.2) is 30.2 Å². The molecule has 0 saturated carbocycles. The van der Waals surface area contributed by atoms with Gasteiger partial charge in [-0.2, -0.15) is 0 Å². The number of rotatable bonds is 5. The van der Waals surface area contributed by atoms with Crippen molar-refractivity contribution in [2.45, 2.75) is 18.9 Å². The van der Waals surface area contributed by atoms with Gasteiger partial charge < -0.3 is 9.53 Å². The molecule has 0 spiro atoms. The van der Waals surface area contributed by atoms with Crippen LogP contribution >= 0.6 is 11.8 Å². The molecular weight excluding hydrogens is 234 g/mol. The number of aldehydes is 1. The summed E-state index contributed by atoms with van der Waals surface area (Å²) >= 11 is 1.76. The maximum Gasteiger partial charge on any atom is 0.120 e. The molecule has 0 amide bonds. The van der Waals surface area contributed by atoms with E-state index >= 15 is 0 Å². The Labute approximate surface area is 105 Å². The first-order valence-electron chi connectivity index (χ1n) is 5.62. The molecule has 1 heterocycles. The van der Waals surface area contributed by atoms with Crippen molar-refractivity contribution < 1.29 is 9.53 Å². The summed E-state index contributed by atoms with van der Waals surface area (Å²) in [6.45, 7) is 0. The van der Waals surface area contributed by atoms with Gasteiger partial charge in [0.05, 0.1) is 18.2 Å². The zero-order chi connectivity index (χ0) is 12.1. The molecule has 0 bridgehead atoms. The first-order valence-corrected chi connectivity index (χ1v) is 6.60. The lowest BCUT2D eigenvalue weighted by atomic mass is 10.2. The third-order valence-corrected chi connectivity index (χ3v) is 3.83. The van der Waals surface area contributed by atoms with E-state index in [1.165, 1.54) is 0 Å². The molecule has 0 N–H and O–H groups in total. The van der Waals surface area contributed by atoms with Crippen LogP contribution in [0.15, 0.2) is 29.3 Å². The topological polar surface area (TPSA) is 38.7 Å². The van der Waals surface area contributed by atoms with E-state index in [4.69, 9.17) is 4.74 Å². The number of hydrogen-bond acceptors (Lipinski definition) is 4. The van der Waals surface area contributed by atoms with Crippen LogP contribution in [0.1, 0.15) is 18.4 Å². The fraction of sp³-hybridized carbons (Fsp3) is 0.385. The molecule has 1 unspecified atom stereocenters. The number of methoxy groups -OCH3 is 1. The van der Waals surface area contributed by atoms with Crippen molar-refractivity contribution >= 4 is 23.1 Å². The average Bonchev–Trinajstić information content (AvgIpc) is 2.85. The molecule has 90 valence electrons. The van der Waals surface area contributed by atoms with Crippen LogP contribution in [0.3, 0.4) is 0 Å². The Morgan fingerprint density at radius 3 is 2.88 bits per heavy atom. The van der Waals surface area contributed by atoms with Crippen molar-refractivity contribution in [3.63, 3.8) is 0 Å². The fourth-order valence-corrected chi connectivity index (χ4v) is 2.83. The van der Waals surface area contributed by atoms with Gasteiger partial charge in [-0.25, -0.2) is 0 Å². The number of aliphatic imine (C=N–C) groups is 1. The Morgan fingerprint density at radius 1 is 1.47 bits per heavy atom. The van der Waals surface area contributed by atoms with Crippen molar-refractivity contribution in [1.29, 1.82) is 0 Å². The largest absolute Gasteiger partial charge is 0.497 e. The van der Waals surface area contributed by atoms with Crippen molar-refractivity contribution in [3.8, 4) is 5.75 Å². The molecule has 3 nitrogen and oxygen atoms in total. The number of hydrogen-bond donors (Lipinski definition) is 0. The minimum Gasteiger partial charge on any atom is -0.497 e. The molecule has 0 aromatic heterocycles. The molecular formula is C13H15NO2S. The third kappa shape index (κ3) is 3.09. The van der Waals surface area contributed by atoms with Crippen LogP contribution in [0.4, 0.5) is 0 Å². The Hall–Kier alpha value is -1.29. The number of thioether (sulfide) groups is 1. The highest BCUT2D eigenvalue weighted by atomic mass is 32.2. The van der Waals surface area contributed by atoms with Crippen LogP contribution in [0.2, 0.25) is 0 Å². The lowest BCUT2D eigenvalue weighted by molar-refractivity contribution is -0.107. The highest BCUT2D eigenvalue weighted by molar-refractivity contribution is 8.14. The lowest BCUT2D eigenvalue weighted by Gasteiger charge is -2.02. The van der Waals surface area contributed by atoms with E-state index in [0.717, 1.165) is 34.8 Å². The average molecular weight is 249 g/mol. The molecule has 0 aliphatic carbocycles. The monoisotopic (exact) mass is 249 g/mol. The van der Waals surface area contributed by atoms with Gasteiger partial charge in [0, 0.05) is 17.7 Å². The second-order valence-electron chi connectivity index (χ2n) is 3.87. The summed E-state index contributed by atoms with van der Waals surface area (Å²) in [4.78, 5) is 14.9. The first-order chi connectivity index (χ1) is 8.33. The Kier molecular flexibility index (Phi) is 4.20. The quantitative estimate of drug-likeness (QED) is 0.753. The van der Waals surface area contributed by atoms with Crippen molar-refractivity contribution in [3.05, 3.63) is 29.8 Å². The maximum atomic E-state index is 10.3. The summed E-state index contributed by atoms with van der Waals surface area (Å²) in [6, 6.07) is 8.22. The number of carbonyl (C=O) groups excluding carboxylic acids is 1. The summed E-state index contributed by atoms with van der Waals surface area (Å²) < 4.78 is 5.12. The molecule has 4 heteroatoms. The third-order valence-electron chi connectivity index (χ3n) is 2.67. The van der Waals surface area contributed by atoms with E-state index in [1.807, 2.05) is 24.3 Å². The minimum absolute atomic E-state index is 0.294. The van der Waals surface area contributed by atoms with Gasteiger partial charge in [-0.05, 0) is 30.7 Å². The molecule has 1 aliphatic rings. The van der Waals surface area contributed by atoms with Crippen LogP contribution in [0, 0.1) is 0 Å². The molecule has 17 heavy (non-hydrogen) atoms. The minimum atomic E-state index is 0.294. The Morgan fingerprint density at radius 2 is 2.24 bits per heavy atom. The van der Waals surface area contributed by atoms with Crippen LogP contribution < -0.4 is 4.74 Å². The summed E-state index contributed by atoms with van der Waals surface area (Å²) in [5, 5.41) is 1.07. The molecule has 0 radical (unpaired) electrons. The Bertz CT molecular complexity index is 414. The highest BCUT2D eigenvalue weighted by Crippen LogP contribution is 2.26. The zero-order valence-corrected chi connectivity index (χ0v) is 10.6. The predicted molar refractivity (Wildman–Crippen MR) is 71.1 cm³/mol. The molecule has 1 aromatic rings. The predicted octanol–water partition coefficient (Wildman–Crippen LogP) is 2.54. The van der Waals surface area contributed by atoms with E-state index in [-0.39, 0.29) is 0 Å². The van der Waals surface area contributed by atoms with E-state index < -0.39 is 0 Å². The van der Waals surface area contributed by atoms with Gasteiger partial charge >= 0.3 is 0 Å². The van der Waals surface area contributed by atoms with E-state index in [1.54, 1.807) is 18.9 Å². The molecule has 1 atom stereocenters. The van der Waals surface area contributed by atoms with Gasteiger partial charge in [0.2, 0.25) is 0 Å². The molecule has 1 aromatic carbocycles. The second kappa shape index (κ2) is 5.87. The summed E-state index contributed by atoms with van der Waals surface area (Å²) in [7, 11) is 1.66. The molecule has 0 saturated heterocycles. The second-order valence-corrected chi connectivity index (χ2v) is 4.88. The van der Waals surface area contributed by atoms with Crippen LogP contribution in [0.5, 0.6) is 5.75 Å². The number of nitrogens with zero attached hydrogens (tertiary/aromatic N) is 1. The van der Waals surface area contributed by atoms with Crippen molar-refractivity contribution in [2.75, 3.05) is 12.9 Å². The zero-order valence-electron chi connectivity index (χ0n) is 9.76. The number of carbonyl (C=O) groups is 1. The van der Waals surface area contributed by atoms with Crippen LogP contribution in [-0.2, 0) is 4.79 Å². The number of ether oxygens (including phenoxy) is 1. The lowest BCUT2D eigenvalue weighted by Crippen LogP contribution is -2.02. The molecule has 2 rings (SSSR count). The summed E-state index contributed by atoms with van der Waals surface area (Å²) in [5.74, 6) is 1.84. The van der Waals surface area contributed by atoms with E-state index in [9.17, 15) is 4.79 Å². The number of benzene rings is 1. The summed E-state index contributed by atoms with van der Waals surface area (Å²) in [6.07, 6.45) is 2.42. The van der Waals surface area contributed by atoms with Crippen LogP contribution in [0.25, 0.3) is 0 Å². The normalized spacial score (nSPS) is 18.9. The smallest absolute Gasteiger partial charge is 0.120 e. The van der Waals surface area contributed by atoms with Gasteiger partial charge in [-0.15, -0.1) is 11.8 Å². The van der Waals surface area contributed by atoms with Crippen molar-refractivity contribution in [2.24, 2.45) is 4.99 Å². The Balaban J connectivity index is 2.04. The van der Waals surface area contributed by atoms with Gasteiger partial charge in [0.25, 0.3) is 0 Å². The highest BCUT2D eigenvalue weighted by Gasteiger charge is 2.18. The molecule has 0 fully saturated rings. The first kappa shape index (κ1) is 12.2. The van der Waals surface area contributed by atoms with E-state index in [0.29, 0.717) is 12.5 Å².